The predicted octanol–water partition coefficient (Wildman–Crippen LogP) is -1.47. The Morgan fingerprint density at radius 1 is 1.25 bits per heavy atom. The van der Waals surface area contributed by atoms with Gasteiger partial charge in [-0.2, -0.15) is 0 Å². The van der Waals surface area contributed by atoms with Crippen LogP contribution in [0.1, 0.15) is 12.8 Å². The summed E-state index contributed by atoms with van der Waals surface area (Å²) < 4.78 is 0. The number of carboxylic acid groups (broad SMARTS) is 1. The van der Waals surface area contributed by atoms with Crippen LogP contribution in [0.25, 0.3) is 0 Å². The Hall–Kier alpha value is -0.650. The van der Waals surface area contributed by atoms with Gasteiger partial charge in [-0.05, 0) is 12.8 Å². The monoisotopic (exact) mass is 175 g/mol. The minimum atomic E-state index is -1.01. The van der Waals surface area contributed by atoms with Gasteiger partial charge in [-0.3, -0.25) is 4.79 Å². The molecule has 0 saturated heterocycles. The summed E-state index contributed by atoms with van der Waals surface area (Å²) in [7, 11) is 0. The van der Waals surface area contributed by atoms with E-state index in [4.69, 9.17) is 21.1 Å². The first-order valence-electron chi connectivity index (χ1n) is 3.87. The van der Waals surface area contributed by atoms with Crippen molar-refractivity contribution in [3.8, 4) is 0 Å². The van der Waals surface area contributed by atoms with E-state index in [2.05, 4.69) is 0 Å². The van der Waals surface area contributed by atoms with E-state index in [9.17, 15) is 4.79 Å². The van der Waals surface area contributed by atoms with Crippen LogP contribution in [0.3, 0.4) is 0 Å². The van der Waals surface area contributed by atoms with E-state index in [1.807, 2.05) is 0 Å². The number of aliphatic carboxylic acids is 1. The fourth-order valence-electron chi connectivity index (χ4n) is 1.48. The maximum absolute atomic E-state index is 10.5. The molecule has 0 bridgehead atoms. The van der Waals surface area contributed by atoms with Gasteiger partial charge in [0.1, 0.15) is 0 Å². The third-order valence-electron chi connectivity index (χ3n) is 2.29. The summed E-state index contributed by atoms with van der Waals surface area (Å²) in [5, 5.41) is 26.9. The lowest BCUT2D eigenvalue weighted by Gasteiger charge is -2.32. The average molecular weight is 175 g/mol. The Morgan fingerprint density at radius 2 is 1.75 bits per heavy atom. The van der Waals surface area contributed by atoms with Gasteiger partial charge in [-0.15, -0.1) is 0 Å². The molecule has 0 amide bonds. The van der Waals surface area contributed by atoms with E-state index in [-0.39, 0.29) is 12.8 Å². The molecule has 0 unspecified atom stereocenters. The molecule has 0 aliphatic heterocycles. The number of carbonyl (C=O) groups is 1. The molecule has 0 spiro atoms. The third-order valence-corrected chi connectivity index (χ3v) is 2.29. The highest BCUT2D eigenvalue weighted by atomic mass is 16.4. The Labute approximate surface area is 69.8 Å². The highest BCUT2D eigenvalue weighted by Crippen LogP contribution is 2.23. The second-order valence-electron chi connectivity index (χ2n) is 3.21. The van der Waals surface area contributed by atoms with Crippen molar-refractivity contribution in [2.45, 2.75) is 31.1 Å². The van der Waals surface area contributed by atoms with E-state index in [1.165, 1.54) is 0 Å². The van der Waals surface area contributed by atoms with Crippen molar-refractivity contribution in [1.82, 2.24) is 0 Å². The quantitative estimate of drug-likeness (QED) is 0.389. The highest BCUT2D eigenvalue weighted by Gasteiger charge is 2.37. The van der Waals surface area contributed by atoms with Crippen molar-refractivity contribution in [1.29, 1.82) is 0 Å². The van der Waals surface area contributed by atoms with Crippen molar-refractivity contribution in [3.05, 3.63) is 0 Å². The van der Waals surface area contributed by atoms with Gasteiger partial charge in [0.25, 0.3) is 0 Å². The van der Waals surface area contributed by atoms with Crippen molar-refractivity contribution in [2.24, 2.45) is 11.7 Å². The summed E-state index contributed by atoms with van der Waals surface area (Å²) in [6.45, 7) is 0. The molecule has 1 aliphatic rings. The molecule has 1 aliphatic carbocycles. The molecule has 70 valence electrons. The van der Waals surface area contributed by atoms with Gasteiger partial charge in [-0.1, -0.05) is 0 Å². The Kier molecular flexibility index (Phi) is 2.66. The fourth-order valence-corrected chi connectivity index (χ4v) is 1.48. The van der Waals surface area contributed by atoms with Gasteiger partial charge in [0.2, 0.25) is 0 Å². The van der Waals surface area contributed by atoms with Crippen LogP contribution in [0.2, 0.25) is 0 Å². The van der Waals surface area contributed by atoms with Crippen LogP contribution in [-0.4, -0.2) is 39.5 Å². The van der Waals surface area contributed by atoms with Crippen LogP contribution >= 0.6 is 0 Å². The van der Waals surface area contributed by atoms with Crippen LogP contribution in [0.15, 0.2) is 0 Å². The third kappa shape index (κ3) is 1.74. The maximum atomic E-state index is 10.5. The van der Waals surface area contributed by atoms with Gasteiger partial charge in [0, 0.05) is 6.04 Å². The van der Waals surface area contributed by atoms with Crippen molar-refractivity contribution in [2.75, 3.05) is 0 Å². The fraction of sp³-hybridized carbons (Fsp3) is 0.857. The summed E-state index contributed by atoms with van der Waals surface area (Å²) in [4.78, 5) is 10.5. The number of hydrogen-bond acceptors (Lipinski definition) is 4. The van der Waals surface area contributed by atoms with Gasteiger partial charge in [0.15, 0.2) is 0 Å². The number of aliphatic hydroxyl groups excluding tert-OH is 2. The van der Waals surface area contributed by atoms with E-state index in [1.54, 1.807) is 0 Å². The van der Waals surface area contributed by atoms with Gasteiger partial charge in [0.05, 0.1) is 18.1 Å². The Bertz CT molecular complexity index is 184. The first kappa shape index (κ1) is 9.44. The number of hydrogen-bond donors (Lipinski definition) is 4. The zero-order chi connectivity index (χ0) is 9.30. The lowest BCUT2D eigenvalue weighted by Crippen LogP contribution is -2.48. The lowest BCUT2D eigenvalue weighted by atomic mass is 9.82. The highest BCUT2D eigenvalue weighted by molar-refractivity contribution is 5.71. The molecule has 0 radical (unpaired) electrons. The number of rotatable bonds is 1. The molecule has 0 aromatic rings. The Morgan fingerprint density at radius 3 is 2.25 bits per heavy atom. The van der Waals surface area contributed by atoms with E-state index in [0.29, 0.717) is 0 Å². The molecule has 1 fully saturated rings. The molecule has 0 aromatic carbocycles. The molecule has 1 saturated carbocycles. The molecular formula is C7H13NO4. The summed E-state index contributed by atoms with van der Waals surface area (Å²) in [6.07, 6.45) is -1.64. The van der Waals surface area contributed by atoms with Crippen LogP contribution in [0.4, 0.5) is 0 Å². The first-order chi connectivity index (χ1) is 5.52. The summed E-state index contributed by atoms with van der Waals surface area (Å²) in [5.41, 5.74) is 5.48. The standard InChI is InChI=1S/C7H13NO4/c8-4-2-6(10)5(9)1-3(4)7(11)12/h3-6,9-10H,1-2,8H2,(H,11,12)/t3-,4+,5-,6+/m0/s1. The second-order valence-corrected chi connectivity index (χ2v) is 3.21. The molecule has 0 heterocycles. The summed E-state index contributed by atoms with van der Waals surface area (Å²) >= 11 is 0. The normalized spacial score (nSPS) is 42.6. The molecule has 0 aromatic heterocycles. The zero-order valence-corrected chi connectivity index (χ0v) is 6.55. The molecule has 1 rings (SSSR count). The largest absolute Gasteiger partial charge is 0.481 e. The van der Waals surface area contributed by atoms with E-state index < -0.39 is 30.1 Å². The first-order valence-corrected chi connectivity index (χ1v) is 3.87. The van der Waals surface area contributed by atoms with Crippen LogP contribution in [0, 0.1) is 5.92 Å². The number of aliphatic hydroxyl groups is 2. The SMILES string of the molecule is N[C@@H]1C[C@@H](O)[C@@H](O)C[C@@H]1C(=O)O. The summed E-state index contributed by atoms with van der Waals surface area (Å²) in [5.74, 6) is -1.74. The van der Waals surface area contributed by atoms with Crippen LogP contribution < -0.4 is 5.73 Å². The molecule has 12 heavy (non-hydrogen) atoms. The number of nitrogens with two attached hydrogens (primary N) is 1. The predicted molar refractivity (Wildman–Crippen MR) is 40.3 cm³/mol. The lowest BCUT2D eigenvalue weighted by molar-refractivity contribution is -0.147. The van der Waals surface area contributed by atoms with Crippen molar-refractivity contribution >= 4 is 5.97 Å². The maximum Gasteiger partial charge on any atom is 0.308 e. The molecular weight excluding hydrogens is 162 g/mol. The van der Waals surface area contributed by atoms with Gasteiger partial charge in [-0.25, -0.2) is 0 Å². The molecule has 5 N–H and O–H groups in total. The van der Waals surface area contributed by atoms with Crippen LogP contribution in [-0.2, 0) is 4.79 Å². The van der Waals surface area contributed by atoms with Crippen LogP contribution in [0.5, 0.6) is 0 Å². The molecule has 5 nitrogen and oxygen atoms in total. The minimum Gasteiger partial charge on any atom is -0.481 e. The Balaban J connectivity index is 2.61. The smallest absolute Gasteiger partial charge is 0.308 e. The van der Waals surface area contributed by atoms with E-state index >= 15 is 0 Å². The topological polar surface area (TPSA) is 104 Å². The molecule has 4 atom stereocenters. The van der Waals surface area contributed by atoms with Crippen molar-refractivity contribution < 1.29 is 20.1 Å². The average Bonchev–Trinajstić information content (AvgIpc) is 1.96. The minimum absolute atomic E-state index is 0.0394. The number of carboxylic acids is 1. The van der Waals surface area contributed by atoms with Gasteiger partial charge >= 0.3 is 5.97 Å². The second kappa shape index (κ2) is 3.38. The van der Waals surface area contributed by atoms with E-state index in [0.717, 1.165) is 0 Å². The zero-order valence-electron chi connectivity index (χ0n) is 6.55. The summed E-state index contributed by atoms with van der Waals surface area (Å²) in [6, 6.07) is -0.555. The van der Waals surface area contributed by atoms with Gasteiger partial charge < -0.3 is 21.1 Å². The van der Waals surface area contributed by atoms with Crippen molar-refractivity contribution in [3.63, 3.8) is 0 Å². The molecule has 5 heteroatoms.